The number of hydrogen-bond donors (Lipinski definition) is 3. The maximum Gasteiger partial charge on any atom is 0.252 e. The van der Waals surface area contributed by atoms with Gasteiger partial charge in [0.1, 0.15) is 18.0 Å². The Morgan fingerprint density at radius 3 is 1.83 bits per heavy atom. The van der Waals surface area contributed by atoms with Gasteiger partial charge in [0.15, 0.2) is 0 Å². The SMILES string of the molecule is CC(C)[C@H](O)C(=O)N1CCC[C@H]1C1=NC=C(c2ccc(-c3ccc(-c4cnc([C@@H]5CCCN5C(=O)[C@@H](O)C(C)C)[nH]4)cc3)cc2)C1. The van der Waals surface area contributed by atoms with E-state index in [0.29, 0.717) is 19.5 Å². The van der Waals surface area contributed by atoms with Gasteiger partial charge in [0.2, 0.25) is 0 Å². The number of carbonyl (C=O) groups excluding carboxylic acids is 2. The van der Waals surface area contributed by atoms with Crippen LogP contribution < -0.4 is 0 Å². The van der Waals surface area contributed by atoms with Gasteiger partial charge in [-0.3, -0.25) is 14.6 Å². The predicted octanol–water partition coefficient (Wildman–Crippen LogP) is 5.62. The van der Waals surface area contributed by atoms with Crippen LogP contribution in [0.4, 0.5) is 0 Å². The van der Waals surface area contributed by atoms with Gasteiger partial charge in [0.05, 0.1) is 24.0 Å². The molecule has 0 saturated carbocycles. The van der Waals surface area contributed by atoms with Crippen molar-refractivity contribution in [3.8, 4) is 22.4 Å². The molecule has 0 unspecified atom stereocenters. The molecule has 0 spiro atoms. The number of rotatable bonds is 9. The number of hydrogen-bond acceptors (Lipinski definition) is 6. The van der Waals surface area contributed by atoms with Crippen LogP contribution in [0.25, 0.3) is 28.0 Å². The molecule has 6 rings (SSSR count). The first-order valence-corrected chi connectivity index (χ1v) is 16.6. The van der Waals surface area contributed by atoms with Crippen molar-refractivity contribution < 1.29 is 19.8 Å². The summed E-state index contributed by atoms with van der Waals surface area (Å²) in [6.07, 6.45) is 5.99. The minimum Gasteiger partial charge on any atom is -0.383 e. The molecule has 3 N–H and O–H groups in total. The summed E-state index contributed by atoms with van der Waals surface area (Å²) in [7, 11) is 0. The van der Waals surface area contributed by atoms with Crippen molar-refractivity contribution in [1.82, 2.24) is 19.8 Å². The first kappa shape index (κ1) is 31.9. The number of imidazole rings is 1. The Labute approximate surface area is 271 Å². The maximum atomic E-state index is 12.9. The number of aromatic amines is 1. The average molecular weight is 624 g/mol. The Morgan fingerprint density at radius 1 is 0.761 bits per heavy atom. The van der Waals surface area contributed by atoms with Crippen molar-refractivity contribution in [3.05, 3.63) is 72.3 Å². The molecular formula is C37H45N5O4. The largest absolute Gasteiger partial charge is 0.383 e. The van der Waals surface area contributed by atoms with E-state index in [-0.39, 0.29) is 35.7 Å². The van der Waals surface area contributed by atoms with E-state index in [1.807, 2.05) is 45.0 Å². The second-order valence-corrected chi connectivity index (χ2v) is 13.5. The molecule has 4 atom stereocenters. The number of nitrogens with one attached hydrogen (secondary N) is 1. The summed E-state index contributed by atoms with van der Waals surface area (Å²) in [4.78, 5) is 42.1. The highest BCUT2D eigenvalue weighted by Gasteiger charge is 2.38. The van der Waals surface area contributed by atoms with E-state index in [1.54, 1.807) is 4.90 Å². The zero-order valence-electron chi connectivity index (χ0n) is 27.2. The number of aliphatic hydroxyl groups excluding tert-OH is 2. The van der Waals surface area contributed by atoms with Crippen LogP contribution in [0.2, 0.25) is 0 Å². The fourth-order valence-electron chi connectivity index (χ4n) is 6.80. The van der Waals surface area contributed by atoms with Crippen LogP contribution in [-0.4, -0.2) is 78.8 Å². The van der Waals surface area contributed by atoms with Gasteiger partial charge < -0.3 is 25.0 Å². The number of aliphatic imine (C=N–C) groups is 1. The Hall–Kier alpha value is -4.08. The van der Waals surface area contributed by atoms with Crippen LogP contribution in [0.3, 0.4) is 0 Å². The Kier molecular flexibility index (Phi) is 9.25. The first-order valence-electron chi connectivity index (χ1n) is 16.6. The van der Waals surface area contributed by atoms with Crippen molar-refractivity contribution in [3.63, 3.8) is 0 Å². The predicted molar refractivity (Wildman–Crippen MR) is 180 cm³/mol. The Bertz CT molecular complexity index is 1620. The van der Waals surface area contributed by atoms with Crippen LogP contribution in [0.15, 0.2) is 65.9 Å². The van der Waals surface area contributed by atoms with E-state index in [1.165, 1.54) is 0 Å². The summed E-state index contributed by atoms with van der Waals surface area (Å²) in [6, 6.07) is 16.6. The van der Waals surface area contributed by atoms with Gasteiger partial charge in [-0.1, -0.05) is 76.2 Å². The van der Waals surface area contributed by atoms with Crippen molar-refractivity contribution in [1.29, 1.82) is 0 Å². The summed E-state index contributed by atoms with van der Waals surface area (Å²) in [5.74, 6) is 0.0991. The normalized spacial score (nSPS) is 21.2. The number of amides is 2. The molecular weight excluding hydrogens is 578 g/mol. The molecule has 0 aliphatic carbocycles. The minimum absolute atomic E-state index is 0.0456. The molecule has 3 aliphatic rings. The maximum absolute atomic E-state index is 12.9. The van der Waals surface area contributed by atoms with Gasteiger partial charge in [-0.05, 0) is 65.3 Å². The molecule has 242 valence electrons. The molecule has 4 heterocycles. The smallest absolute Gasteiger partial charge is 0.252 e. The molecule has 9 nitrogen and oxygen atoms in total. The number of likely N-dealkylation sites (tertiary alicyclic amines) is 2. The standard InChI is InChI=1S/C37H45N5O4/c1-22(2)33(43)36(45)41-17-5-7-31(41)29-19-28(20-38-29)26-11-9-24(10-12-26)25-13-15-27(16-14-25)30-21-39-35(40-30)32-8-6-18-42(32)37(46)34(44)23(3)4/h9-16,20-23,31-34,43-44H,5-8,17-19H2,1-4H3,(H,39,40)/t31-,32-,33-,34-/m0/s1. The molecule has 46 heavy (non-hydrogen) atoms. The Morgan fingerprint density at radius 2 is 1.26 bits per heavy atom. The quantitative estimate of drug-likeness (QED) is 0.286. The molecule has 2 amide bonds. The fraction of sp³-hybridized carbons (Fsp3) is 0.459. The summed E-state index contributed by atoms with van der Waals surface area (Å²) < 4.78 is 0. The number of aliphatic hydroxyl groups is 2. The highest BCUT2D eigenvalue weighted by molar-refractivity contribution is 6.03. The topological polar surface area (TPSA) is 122 Å². The van der Waals surface area contributed by atoms with E-state index < -0.39 is 12.2 Å². The molecule has 0 radical (unpaired) electrons. The molecule has 2 aromatic carbocycles. The third-order valence-corrected chi connectivity index (χ3v) is 9.68. The number of carbonyl (C=O) groups is 2. The van der Waals surface area contributed by atoms with Gasteiger partial charge in [-0.2, -0.15) is 0 Å². The van der Waals surface area contributed by atoms with Crippen molar-refractivity contribution in [2.75, 3.05) is 13.1 Å². The van der Waals surface area contributed by atoms with Crippen LogP contribution >= 0.6 is 0 Å². The van der Waals surface area contributed by atoms with Gasteiger partial charge >= 0.3 is 0 Å². The zero-order valence-corrected chi connectivity index (χ0v) is 27.2. The fourth-order valence-corrected chi connectivity index (χ4v) is 6.80. The number of aromatic nitrogens is 2. The summed E-state index contributed by atoms with van der Waals surface area (Å²) >= 11 is 0. The summed E-state index contributed by atoms with van der Waals surface area (Å²) in [5.41, 5.74) is 7.37. The van der Waals surface area contributed by atoms with E-state index in [2.05, 4.69) is 58.5 Å². The van der Waals surface area contributed by atoms with Gasteiger partial charge in [0.25, 0.3) is 11.8 Å². The Balaban J connectivity index is 1.08. The second-order valence-electron chi connectivity index (χ2n) is 13.5. The van der Waals surface area contributed by atoms with E-state index in [0.717, 1.165) is 70.7 Å². The molecule has 9 heteroatoms. The lowest BCUT2D eigenvalue weighted by molar-refractivity contribution is -0.143. The van der Waals surface area contributed by atoms with Crippen LogP contribution in [0.5, 0.6) is 0 Å². The average Bonchev–Trinajstić information content (AvgIpc) is 3.89. The lowest BCUT2D eigenvalue weighted by Crippen LogP contribution is -2.46. The number of nitrogens with zero attached hydrogens (tertiary/aromatic N) is 4. The van der Waals surface area contributed by atoms with Gasteiger partial charge in [0, 0.05) is 31.4 Å². The summed E-state index contributed by atoms with van der Waals surface area (Å²) in [5, 5.41) is 20.7. The number of benzene rings is 2. The number of allylic oxidation sites excluding steroid dienone is 1. The highest BCUT2D eigenvalue weighted by atomic mass is 16.3. The van der Waals surface area contributed by atoms with Crippen molar-refractivity contribution >= 4 is 23.1 Å². The lowest BCUT2D eigenvalue weighted by atomic mass is 9.96. The van der Waals surface area contributed by atoms with Crippen molar-refractivity contribution in [2.45, 2.75) is 84.1 Å². The molecule has 3 aromatic rings. The third-order valence-electron chi connectivity index (χ3n) is 9.68. The van der Waals surface area contributed by atoms with E-state index >= 15 is 0 Å². The second kappa shape index (κ2) is 13.3. The molecule has 0 bridgehead atoms. The lowest BCUT2D eigenvalue weighted by Gasteiger charge is -2.28. The van der Waals surface area contributed by atoms with E-state index in [4.69, 9.17) is 4.99 Å². The van der Waals surface area contributed by atoms with Gasteiger partial charge in [-0.25, -0.2) is 4.98 Å². The van der Waals surface area contributed by atoms with Crippen molar-refractivity contribution in [2.24, 2.45) is 16.8 Å². The monoisotopic (exact) mass is 623 g/mol. The first-order chi connectivity index (χ1) is 22.1. The van der Waals surface area contributed by atoms with Gasteiger partial charge in [-0.15, -0.1) is 0 Å². The third kappa shape index (κ3) is 6.31. The van der Waals surface area contributed by atoms with Crippen LogP contribution in [0, 0.1) is 11.8 Å². The van der Waals surface area contributed by atoms with E-state index in [9.17, 15) is 19.8 Å². The highest BCUT2D eigenvalue weighted by Crippen LogP contribution is 2.34. The van der Waals surface area contributed by atoms with Crippen LogP contribution in [0.1, 0.15) is 77.2 Å². The number of H-pyrrole nitrogens is 1. The molecule has 2 saturated heterocycles. The summed E-state index contributed by atoms with van der Waals surface area (Å²) in [6.45, 7) is 8.74. The molecule has 2 fully saturated rings. The molecule has 1 aromatic heterocycles. The minimum atomic E-state index is -0.998. The van der Waals surface area contributed by atoms with Crippen LogP contribution in [-0.2, 0) is 9.59 Å². The zero-order chi connectivity index (χ0) is 32.5. The molecule has 3 aliphatic heterocycles.